The first-order valence-electron chi connectivity index (χ1n) is 7.02. The molecule has 0 fully saturated rings. The molecule has 0 spiro atoms. The Morgan fingerprint density at radius 2 is 1.82 bits per heavy atom. The Kier molecular flexibility index (Phi) is 5.72. The Morgan fingerprint density at radius 3 is 2.50 bits per heavy atom. The molecule has 3 nitrogen and oxygen atoms in total. The zero-order valence-corrected chi connectivity index (χ0v) is 12.7. The van der Waals surface area contributed by atoms with Crippen LogP contribution in [-0.4, -0.2) is 20.3 Å². The third-order valence-corrected chi connectivity index (χ3v) is 3.22. The number of aryl methyl sites for hydroxylation is 1. The van der Waals surface area contributed by atoms with Crippen molar-refractivity contribution in [3.05, 3.63) is 59.2 Å². The highest BCUT2D eigenvalue weighted by molar-refractivity contribution is 5.36. The number of benzene rings is 2. The molecule has 0 aliphatic carbocycles. The predicted molar refractivity (Wildman–Crippen MR) is 81.3 cm³/mol. The molecule has 0 bridgehead atoms. The zero-order chi connectivity index (χ0) is 15.9. The molecular weight excluding hydrogens is 288 g/mol. The van der Waals surface area contributed by atoms with Gasteiger partial charge in [0.25, 0.3) is 0 Å². The third-order valence-electron chi connectivity index (χ3n) is 3.22. The number of halogens is 2. The Bertz CT molecular complexity index is 632. The molecule has 2 aromatic carbocycles. The number of rotatable bonds is 7. The molecule has 5 heteroatoms. The molecule has 0 radical (unpaired) electrons. The minimum atomic E-state index is -0.689. The summed E-state index contributed by atoms with van der Waals surface area (Å²) in [7, 11) is 1.65. The van der Waals surface area contributed by atoms with Crippen LogP contribution >= 0.6 is 0 Å². The van der Waals surface area contributed by atoms with Crippen LogP contribution in [0.1, 0.15) is 11.1 Å². The number of nitrogens with one attached hydrogen (secondary N) is 1. The quantitative estimate of drug-likeness (QED) is 0.795. The van der Waals surface area contributed by atoms with Crippen molar-refractivity contribution in [1.82, 2.24) is 5.32 Å². The fourth-order valence-electron chi connectivity index (χ4n) is 2.11. The van der Waals surface area contributed by atoms with Gasteiger partial charge in [0, 0.05) is 19.2 Å². The fourth-order valence-corrected chi connectivity index (χ4v) is 2.11. The SMILES string of the molecule is COc1ccc(CNCCOc2ccc(F)cc2F)cc1C. The van der Waals surface area contributed by atoms with Crippen LogP contribution in [0.4, 0.5) is 8.78 Å². The van der Waals surface area contributed by atoms with Gasteiger partial charge in [0.1, 0.15) is 18.2 Å². The second-order valence-electron chi connectivity index (χ2n) is 4.90. The number of hydrogen-bond acceptors (Lipinski definition) is 3. The van der Waals surface area contributed by atoms with Crippen molar-refractivity contribution in [2.24, 2.45) is 0 Å². The van der Waals surface area contributed by atoms with E-state index < -0.39 is 11.6 Å². The predicted octanol–water partition coefficient (Wildman–Crippen LogP) is 3.45. The van der Waals surface area contributed by atoms with Crippen molar-refractivity contribution in [2.45, 2.75) is 13.5 Å². The first-order valence-corrected chi connectivity index (χ1v) is 7.02. The minimum absolute atomic E-state index is 0.0588. The van der Waals surface area contributed by atoms with E-state index in [1.807, 2.05) is 25.1 Å². The standard InChI is InChI=1S/C17H19F2NO2/c1-12-9-13(3-5-16(12)21-2)11-20-7-8-22-17-6-4-14(18)10-15(17)19/h3-6,9-10,20H,7-8,11H2,1-2H3. The van der Waals surface area contributed by atoms with Crippen molar-refractivity contribution in [2.75, 3.05) is 20.3 Å². The molecule has 0 unspecified atom stereocenters. The summed E-state index contributed by atoms with van der Waals surface area (Å²) in [6, 6.07) is 9.23. The third kappa shape index (κ3) is 4.43. The maximum absolute atomic E-state index is 13.3. The van der Waals surface area contributed by atoms with E-state index in [0.717, 1.165) is 22.9 Å². The summed E-state index contributed by atoms with van der Waals surface area (Å²) in [6.07, 6.45) is 0. The molecule has 0 saturated heterocycles. The van der Waals surface area contributed by atoms with Crippen molar-refractivity contribution < 1.29 is 18.3 Å². The van der Waals surface area contributed by atoms with E-state index in [9.17, 15) is 8.78 Å². The van der Waals surface area contributed by atoms with Crippen LogP contribution in [0.15, 0.2) is 36.4 Å². The molecule has 118 valence electrons. The Hall–Kier alpha value is -2.14. The molecular formula is C17H19F2NO2. The van der Waals surface area contributed by atoms with E-state index in [0.29, 0.717) is 19.7 Å². The van der Waals surface area contributed by atoms with E-state index >= 15 is 0 Å². The second kappa shape index (κ2) is 7.75. The average molecular weight is 307 g/mol. The van der Waals surface area contributed by atoms with Gasteiger partial charge in [-0.25, -0.2) is 8.78 Å². The Morgan fingerprint density at radius 1 is 1.05 bits per heavy atom. The van der Waals surface area contributed by atoms with E-state index in [-0.39, 0.29) is 5.75 Å². The van der Waals surface area contributed by atoms with Crippen molar-refractivity contribution in [1.29, 1.82) is 0 Å². The largest absolute Gasteiger partial charge is 0.496 e. The van der Waals surface area contributed by atoms with Crippen molar-refractivity contribution in [3.8, 4) is 11.5 Å². The number of methoxy groups -OCH3 is 1. The van der Waals surface area contributed by atoms with Gasteiger partial charge in [-0.2, -0.15) is 0 Å². The molecule has 1 N–H and O–H groups in total. The van der Waals surface area contributed by atoms with Gasteiger partial charge in [0.2, 0.25) is 0 Å². The highest BCUT2D eigenvalue weighted by atomic mass is 19.1. The van der Waals surface area contributed by atoms with E-state index in [4.69, 9.17) is 9.47 Å². The van der Waals surface area contributed by atoms with E-state index in [2.05, 4.69) is 5.32 Å². The second-order valence-corrected chi connectivity index (χ2v) is 4.90. The Balaban J connectivity index is 1.74. The fraction of sp³-hybridized carbons (Fsp3) is 0.294. The number of hydrogen-bond donors (Lipinski definition) is 1. The van der Waals surface area contributed by atoms with Crippen LogP contribution in [0.3, 0.4) is 0 Å². The molecule has 0 aromatic heterocycles. The molecule has 2 aromatic rings. The summed E-state index contributed by atoms with van der Waals surface area (Å²) in [5.41, 5.74) is 2.21. The molecule has 0 aliphatic rings. The van der Waals surface area contributed by atoms with Crippen molar-refractivity contribution >= 4 is 0 Å². The summed E-state index contributed by atoms with van der Waals surface area (Å²) in [5, 5.41) is 3.21. The van der Waals surface area contributed by atoms with E-state index in [1.165, 1.54) is 12.1 Å². The van der Waals surface area contributed by atoms with Crippen LogP contribution in [0, 0.1) is 18.6 Å². The molecule has 0 amide bonds. The van der Waals surface area contributed by atoms with Gasteiger partial charge in [0.05, 0.1) is 7.11 Å². The summed E-state index contributed by atoms with van der Waals surface area (Å²) < 4.78 is 36.6. The zero-order valence-electron chi connectivity index (χ0n) is 12.7. The monoisotopic (exact) mass is 307 g/mol. The molecule has 0 heterocycles. The lowest BCUT2D eigenvalue weighted by Crippen LogP contribution is -2.20. The normalized spacial score (nSPS) is 10.5. The van der Waals surface area contributed by atoms with Gasteiger partial charge in [-0.3, -0.25) is 0 Å². The number of ether oxygens (including phenoxy) is 2. The van der Waals surface area contributed by atoms with Gasteiger partial charge >= 0.3 is 0 Å². The van der Waals surface area contributed by atoms with Gasteiger partial charge < -0.3 is 14.8 Å². The average Bonchev–Trinajstić information content (AvgIpc) is 2.49. The lowest BCUT2D eigenvalue weighted by molar-refractivity contribution is 0.297. The molecule has 0 aliphatic heterocycles. The van der Waals surface area contributed by atoms with Gasteiger partial charge in [0.15, 0.2) is 11.6 Å². The lowest BCUT2D eigenvalue weighted by Gasteiger charge is -2.10. The topological polar surface area (TPSA) is 30.5 Å². The molecule has 22 heavy (non-hydrogen) atoms. The van der Waals surface area contributed by atoms with Gasteiger partial charge in [-0.05, 0) is 36.2 Å². The summed E-state index contributed by atoms with van der Waals surface area (Å²) in [4.78, 5) is 0. The van der Waals surface area contributed by atoms with Crippen LogP contribution in [0.5, 0.6) is 11.5 Å². The van der Waals surface area contributed by atoms with Crippen LogP contribution in [0.2, 0.25) is 0 Å². The summed E-state index contributed by atoms with van der Waals surface area (Å²) >= 11 is 0. The van der Waals surface area contributed by atoms with Gasteiger partial charge in [-0.1, -0.05) is 12.1 Å². The highest BCUT2D eigenvalue weighted by Gasteiger charge is 2.04. The minimum Gasteiger partial charge on any atom is -0.496 e. The first kappa shape index (κ1) is 16.2. The maximum Gasteiger partial charge on any atom is 0.167 e. The lowest BCUT2D eigenvalue weighted by atomic mass is 10.1. The first-order chi connectivity index (χ1) is 10.6. The van der Waals surface area contributed by atoms with Gasteiger partial charge in [-0.15, -0.1) is 0 Å². The van der Waals surface area contributed by atoms with Crippen LogP contribution < -0.4 is 14.8 Å². The smallest absolute Gasteiger partial charge is 0.167 e. The molecule has 2 rings (SSSR count). The van der Waals surface area contributed by atoms with E-state index in [1.54, 1.807) is 7.11 Å². The Labute approximate surface area is 128 Å². The van der Waals surface area contributed by atoms with Crippen molar-refractivity contribution in [3.63, 3.8) is 0 Å². The van der Waals surface area contributed by atoms with Crippen LogP contribution in [-0.2, 0) is 6.54 Å². The van der Waals surface area contributed by atoms with Crippen LogP contribution in [0.25, 0.3) is 0 Å². The summed E-state index contributed by atoms with van der Waals surface area (Å²) in [6.45, 7) is 3.53. The molecule has 0 saturated carbocycles. The highest BCUT2D eigenvalue weighted by Crippen LogP contribution is 2.18. The summed E-state index contributed by atoms with van der Waals surface area (Å²) in [5.74, 6) is -0.383. The maximum atomic E-state index is 13.3. The molecule has 0 atom stereocenters.